The van der Waals surface area contributed by atoms with E-state index < -0.39 is 0 Å². The Hall–Kier alpha value is -1.88. The average molecular weight is 219 g/mol. The van der Waals surface area contributed by atoms with Crippen LogP contribution in [0.5, 0.6) is 0 Å². The first-order valence-electron chi connectivity index (χ1n) is 5.07. The molecule has 16 heavy (non-hydrogen) atoms. The third kappa shape index (κ3) is 2.20. The van der Waals surface area contributed by atoms with Crippen molar-refractivity contribution in [2.75, 3.05) is 20.1 Å². The van der Waals surface area contributed by atoms with Crippen molar-refractivity contribution in [3.63, 3.8) is 0 Å². The van der Waals surface area contributed by atoms with Crippen molar-refractivity contribution in [2.24, 2.45) is 0 Å². The first kappa shape index (κ1) is 10.6. The standard InChI is InChI=1S/C11H13N3O2/c1-12-4-5-13-11(15)8-2-3-9-10(6-8)16-7-14-9/h2-3,6-7,12H,4-5H2,1H3,(H,13,15). The molecule has 5 nitrogen and oxygen atoms in total. The maximum Gasteiger partial charge on any atom is 0.251 e. The Balaban J connectivity index is 2.10. The van der Waals surface area contributed by atoms with E-state index in [-0.39, 0.29) is 5.91 Å². The SMILES string of the molecule is CNCCNC(=O)c1ccc2ncoc2c1. The minimum atomic E-state index is -0.103. The van der Waals surface area contributed by atoms with Gasteiger partial charge < -0.3 is 15.1 Å². The minimum absolute atomic E-state index is 0.103. The fourth-order valence-electron chi connectivity index (χ4n) is 1.40. The number of nitrogens with zero attached hydrogens (tertiary/aromatic N) is 1. The number of hydrogen-bond acceptors (Lipinski definition) is 4. The normalized spacial score (nSPS) is 10.6. The Bertz CT molecular complexity index is 493. The second-order valence-corrected chi connectivity index (χ2v) is 3.39. The van der Waals surface area contributed by atoms with Crippen LogP contribution in [-0.2, 0) is 0 Å². The van der Waals surface area contributed by atoms with E-state index in [1.165, 1.54) is 6.39 Å². The van der Waals surface area contributed by atoms with Crippen molar-refractivity contribution in [1.82, 2.24) is 15.6 Å². The summed E-state index contributed by atoms with van der Waals surface area (Å²) in [6.45, 7) is 1.35. The number of oxazole rings is 1. The highest BCUT2D eigenvalue weighted by atomic mass is 16.3. The number of benzene rings is 1. The molecule has 0 radical (unpaired) electrons. The smallest absolute Gasteiger partial charge is 0.251 e. The van der Waals surface area contributed by atoms with E-state index in [4.69, 9.17) is 4.42 Å². The second kappa shape index (κ2) is 4.76. The monoisotopic (exact) mass is 219 g/mol. The molecule has 0 atom stereocenters. The van der Waals surface area contributed by atoms with E-state index in [2.05, 4.69) is 15.6 Å². The summed E-state index contributed by atoms with van der Waals surface area (Å²) < 4.78 is 5.13. The average Bonchev–Trinajstić information content (AvgIpc) is 2.76. The van der Waals surface area contributed by atoms with Gasteiger partial charge in [-0.2, -0.15) is 0 Å². The summed E-state index contributed by atoms with van der Waals surface area (Å²) in [5.41, 5.74) is 1.97. The lowest BCUT2D eigenvalue weighted by molar-refractivity contribution is 0.0954. The molecule has 0 aliphatic heterocycles. The van der Waals surface area contributed by atoms with Crippen LogP contribution in [-0.4, -0.2) is 31.0 Å². The third-order valence-corrected chi connectivity index (χ3v) is 2.25. The molecule has 1 aromatic heterocycles. The van der Waals surface area contributed by atoms with Crippen molar-refractivity contribution >= 4 is 17.0 Å². The Morgan fingerprint density at radius 1 is 1.44 bits per heavy atom. The molecule has 2 N–H and O–H groups in total. The van der Waals surface area contributed by atoms with Gasteiger partial charge in [0.15, 0.2) is 12.0 Å². The molecule has 0 spiro atoms. The molecule has 0 saturated heterocycles. The van der Waals surface area contributed by atoms with Crippen LogP contribution in [0.25, 0.3) is 11.1 Å². The van der Waals surface area contributed by atoms with Gasteiger partial charge in [0.1, 0.15) is 5.52 Å². The highest BCUT2D eigenvalue weighted by molar-refractivity contribution is 5.96. The fourth-order valence-corrected chi connectivity index (χ4v) is 1.40. The number of fused-ring (bicyclic) bond motifs is 1. The zero-order valence-electron chi connectivity index (χ0n) is 8.99. The first-order chi connectivity index (χ1) is 7.81. The topological polar surface area (TPSA) is 67.2 Å². The maximum atomic E-state index is 11.7. The van der Waals surface area contributed by atoms with Gasteiger partial charge in [0.2, 0.25) is 0 Å². The summed E-state index contributed by atoms with van der Waals surface area (Å²) in [6, 6.07) is 5.20. The van der Waals surface area contributed by atoms with Crippen molar-refractivity contribution in [1.29, 1.82) is 0 Å². The minimum Gasteiger partial charge on any atom is -0.443 e. The van der Waals surface area contributed by atoms with E-state index in [9.17, 15) is 4.79 Å². The number of carbonyl (C=O) groups excluding carboxylic acids is 1. The van der Waals surface area contributed by atoms with Gasteiger partial charge in [-0.15, -0.1) is 0 Å². The molecule has 84 valence electrons. The predicted octanol–water partition coefficient (Wildman–Crippen LogP) is 0.777. The largest absolute Gasteiger partial charge is 0.443 e. The van der Waals surface area contributed by atoms with Crippen LogP contribution >= 0.6 is 0 Å². The van der Waals surface area contributed by atoms with Gasteiger partial charge in [-0.1, -0.05) is 0 Å². The first-order valence-corrected chi connectivity index (χ1v) is 5.07. The van der Waals surface area contributed by atoms with Crippen molar-refractivity contribution in [3.05, 3.63) is 30.2 Å². The van der Waals surface area contributed by atoms with Crippen LogP contribution < -0.4 is 10.6 Å². The van der Waals surface area contributed by atoms with Crippen LogP contribution in [0.15, 0.2) is 29.0 Å². The zero-order valence-corrected chi connectivity index (χ0v) is 8.99. The van der Waals surface area contributed by atoms with Gasteiger partial charge in [-0.05, 0) is 25.2 Å². The van der Waals surface area contributed by atoms with Gasteiger partial charge in [0, 0.05) is 18.7 Å². The maximum absolute atomic E-state index is 11.7. The van der Waals surface area contributed by atoms with Crippen molar-refractivity contribution < 1.29 is 9.21 Å². The molecule has 0 unspecified atom stereocenters. The van der Waals surface area contributed by atoms with E-state index in [0.29, 0.717) is 17.7 Å². The molecule has 2 aromatic rings. The van der Waals surface area contributed by atoms with Crippen LogP contribution in [0.4, 0.5) is 0 Å². The summed E-state index contributed by atoms with van der Waals surface area (Å²) >= 11 is 0. The Kier molecular flexibility index (Phi) is 3.16. The lowest BCUT2D eigenvalue weighted by Crippen LogP contribution is -2.30. The molecule has 1 heterocycles. The molecule has 0 bridgehead atoms. The number of carbonyl (C=O) groups is 1. The second-order valence-electron chi connectivity index (χ2n) is 3.39. The number of rotatable bonds is 4. The molecule has 0 aliphatic carbocycles. The van der Waals surface area contributed by atoms with E-state index in [1.807, 2.05) is 7.05 Å². The summed E-state index contributed by atoms with van der Waals surface area (Å²) in [5, 5.41) is 5.75. The summed E-state index contributed by atoms with van der Waals surface area (Å²) in [7, 11) is 1.84. The number of amides is 1. The van der Waals surface area contributed by atoms with Gasteiger partial charge in [0.05, 0.1) is 0 Å². The predicted molar refractivity (Wildman–Crippen MR) is 60.3 cm³/mol. The van der Waals surface area contributed by atoms with Crippen LogP contribution in [0, 0.1) is 0 Å². The summed E-state index contributed by atoms with van der Waals surface area (Å²) in [4.78, 5) is 15.7. The zero-order chi connectivity index (χ0) is 11.4. The molecular formula is C11H13N3O2. The Morgan fingerprint density at radius 2 is 2.31 bits per heavy atom. The molecule has 1 amide bonds. The lowest BCUT2D eigenvalue weighted by atomic mass is 10.2. The van der Waals surface area contributed by atoms with E-state index in [0.717, 1.165) is 12.1 Å². The van der Waals surface area contributed by atoms with Gasteiger partial charge >= 0.3 is 0 Å². The fraction of sp³-hybridized carbons (Fsp3) is 0.273. The number of nitrogens with one attached hydrogen (secondary N) is 2. The van der Waals surface area contributed by atoms with Crippen molar-refractivity contribution in [2.45, 2.75) is 0 Å². The summed E-state index contributed by atoms with van der Waals surface area (Å²) in [5.74, 6) is -0.103. The van der Waals surface area contributed by atoms with Crippen LogP contribution in [0.2, 0.25) is 0 Å². The number of hydrogen-bond donors (Lipinski definition) is 2. The molecule has 1 aromatic carbocycles. The molecule has 0 aliphatic rings. The molecular weight excluding hydrogens is 206 g/mol. The number of likely N-dealkylation sites (N-methyl/N-ethyl adjacent to an activating group) is 1. The Labute approximate surface area is 92.8 Å². The lowest BCUT2D eigenvalue weighted by Gasteiger charge is -2.03. The highest BCUT2D eigenvalue weighted by Gasteiger charge is 2.07. The third-order valence-electron chi connectivity index (χ3n) is 2.25. The quantitative estimate of drug-likeness (QED) is 0.745. The molecule has 5 heteroatoms. The van der Waals surface area contributed by atoms with Gasteiger partial charge in [0.25, 0.3) is 5.91 Å². The van der Waals surface area contributed by atoms with Crippen LogP contribution in [0.1, 0.15) is 10.4 Å². The molecule has 0 saturated carbocycles. The highest BCUT2D eigenvalue weighted by Crippen LogP contribution is 2.13. The number of aromatic nitrogens is 1. The van der Waals surface area contributed by atoms with Crippen molar-refractivity contribution in [3.8, 4) is 0 Å². The van der Waals surface area contributed by atoms with E-state index >= 15 is 0 Å². The van der Waals surface area contributed by atoms with E-state index in [1.54, 1.807) is 18.2 Å². The molecule has 0 fully saturated rings. The summed E-state index contributed by atoms with van der Waals surface area (Å²) in [6.07, 6.45) is 1.37. The van der Waals surface area contributed by atoms with Crippen LogP contribution in [0.3, 0.4) is 0 Å². The molecule has 2 rings (SSSR count). The van der Waals surface area contributed by atoms with Gasteiger partial charge in [-0.25, -0.2) is 4.98 Å². The van der Waals surface area contributed by atoms with Gasteiger partial charge in [-0.3, -0.25) is 4.79 Å². The Morgan fingerprint density at radius 3 is 3.12 bits per heavy atom.